The minimum Gasteiger partial charge on any atom is -0.497 e. The number of rotatable bonds is 24. The first-order valence-electron chi connectivity index (χ1n) is 31.9. The van der Waals surface area contributed by atoms with Crippen LogP contribution in [0.3, 0.4) is 0 Å². The summed E-state index contributed by atoms with van der Waals surface area (Å²) in [6.45, 7) is 12.2. The molecule has 3 fully saturated rings. The van der Waals surface area contributed by atoms with E-state index in [1.165, 1.54) is 11.4 Å². The smallest absolute Gasteiger partial charge is 0.233 e. The fourth-order valence-corrected chi connectivity index (χ4v) is 12.4. The van der Waals surface area contributed by atoms with E-state index < -0.39 is 0 Å². The number of pyridine rings is 2. The van der Waals surface area contributed by atoms with Crippen molar-refractivity contribution in [2.75, 3.05) is 176 Å². The summed E-state index contributed by atoms with van der Waals surface area (Å²) >= 11 is 12.9. The van der Waals surface area contributed by atoms with Crippen molar-refractivity contribution in [3.05, 3.63) is 168 Å². The first kappa shape index (κ1) is 61.4. The molecule has 0 radical (unpaired) electrons. The van der Waals surface area contributed by atoms with Gasteiger partial charge < -0.3 is 70.0 Å². The fraction of sp³-hybridized carbons (Fsp3) is 0.286. The number of methoxy groups -OCH3 is 1. The number of piperazine rings is 2. The van der Waals surface area contributed by atoms with Gasteiger partial charge in [0.05, 0.1) is 53.8 Å². The number of hydrogen-bond acceptors (Lipinski definition) is 22. The number of anilines is 11. The molecule has 5 N–H and O–H groups in total. The Morgan fingerprint density at radius 3 is 1.44 bits per heavy atom. The van der Waals surface area contributed by atoms with Crippen LogP contribution in [0.2, 0.25) is 10.0 Å². The van der Waals surface area contributed by atoms with Gasteiger partial charge in [-0.25, -0.2) is 9.97 Å². The Morgan fingerprint density at radius 1 is 0.394 bits per heavy atom. The Kier molecular flexibility index (Phi) is 18.8. The number of para-hydroxylation sites is 2. The second-order valence-electron chi connectivity index (χ2n) is 23.0. The average molecular weight is 1300 g/mol. The molecular weight excluding hydrogens is 1230 g/mol. The lowest BCUT2D eigenvalue weighted by molar-refractivity contribution is 0.122. The molecule has 7 aromatic carbocycles. The molecule has 0 unspecified atom stereocenters. The molecule has 0 amide bonds. The first-order valence-corrected chi connectivity index (χ1v) is 32.7. The highest BCUT2D eigenvalue weighted by Crippen LogP contribution is 2.37. The summed E-state index contributed by atoms with van der Waals surface area (Å²) in [7, 11) is 1.66. The molecule has 14 rings (SSSR count). The third-order valence-electron chi connectivity index (χ3n) is 16.9. The number of halogens is 2. The van der Waals surface area contributed by atoms with Crippen LogP contribution in [0.1, 0.15) is 6.42 Å². The maximum atomic E-state index is 6.54. The van der Waals surface area contributed by atoms with Crippen LogP contribution >= 0.6 is 23.2 Å². The molecular formula is C70H72Cl2N18O4. The summed E-state index contributed by atoms with van der Waals surface area (Å²) in [6, 6.07) is 52.2. The zero-order valence-electron chi connectivity index (χ0n) is 52.1. The second kappa shape index (κ2) is 28.8. The maximum Gasteiger partial charge on any atom is 0.233 e. The van der Waals surface area contributed by atoms with Crippen molar-refractivity contribution in [2.45, 2.75) is 6.42 Å². The minimum absolute atomic E-state index is 0.310. The molecule has 24 heteroatoms. The van der Waals surface area contributed by atoms with Gasteiger partial charge in [-0.1, -0.05) is 59.6 Å². The van der Waals surface area contributed by atoms with Gasteiger partial charge in [0, 0.05) is 140 Å². The normalized spacial score (nSPS) is 14.4. The molecule has 0 spiro atoms. The molecule has 3 aliphatic rings. The summed E-state index contributed by atoms with van der Waals surface area (Å²) in [5, 5.41) is 22.8. The van der Waals surface area contributed by atoms with Gasteiger partial charge in [-0.2, -0.15) is 29.9 Å². The quantitative estimate of drug-likeness (QED) is 0.0281. The van der Waals surface area contributed by atoms with Gasteiger partial charge in [0.25, 0.3) is 0 Å². The molecule has 7 heterocycles. The Bertz CT molecular complexity index is 4330. The Labute approximate surface area is 554 Å². The van der Waals surface area contributed by atoms with Crippen LogP contribution in [0.25, 0.3) is 43.6 Å². The molecule has 11 aromatic rings. The van der Waals surface area contributed by atoms with Crippen molar-refractivity contribution in [3.63, 3.8) is 0 Å². The summed E-state index contributed by atoms with van der Waals surface area (Å²) < 4.78 is 23.8. The zero-order chi connectivity index (χ0) is 63.6. The predicted octanol–water partition coefficient (Wildman–Crippen LogP) is 11.9. The molecule has 0 bridgehead atoms. The van der Waals surface area contributed by atoms with Crippen LogP contribution < -0.4 is 65.3 Å². The number of benzene rings is 7. The number of hydrogen-bond donors (Lipinski definition) is 5. The topological polar surface area (TPSA) is 216 Å². The van der Waals surface area contributed by atoms with E-state index in [-0.39, 0.29) is 0 Å². The van der Waals surface area contributed by atoms with E-state index in [0.29, 0.717) is 123 Å². The number of ether oxygens (including phenoxy) is 4. The monoisotopic (exact) mass is 1300 g/mol. The van der Waals surface area contributed by atoms with Gasteiger partial charge in [-0.3, -0.25) is 0 Å². The highest BCUT2D eigenvalue weighted by atomic mass is 35.5. The van der Waals surface area contributed by atoms with E-state index >= 15 is 0 Å². The Hall–Kier alpha value is -10.2. The van der Waals surface area contributed by atoms with Crippen LogP contribution in [0.5, 0.6) is 17.2 Å². The molecule has 480 valence electrons. The van der Waals surface area contributed by atoms with E-state index in [4.69, 9.17) is 82.0 Å². The number of morpholine rings is 1. The number of fused-ring (bicyclic) bond motifs is 4. The van der Waals surface area contributed by atoms with E-state index in [2.05, 4.69) is 112 Å². The zero-order valence-corrected chi connectivity index (χ0v) is 53.7. The molecule has 0 aliphatic carbocycles. The molecule has 3 saturated heterocycles. The van der Waals surface area contributed by atoms with Gasteiger partial charge in [-0.15, -0.1) is 0 Å². The number of nitrogens with zero attached hydrogens (tertiary/aromatic N) is 13. The van der Waals surface area contributed by atoms with Crippen LogP contribution in [0.4, 0.5) is 64.1 Å². The third-order valence-corrected chi connectivity index (χ3v) is 17.4. The van der Waals surface area contributed by atoms with Crippen LogP contribution in [-0.4, -0.2) is 165 Å². The van der Waals surface area contributed by atoms with Gasteiger partial charge in [-0.05, 0) is 128 Å². The van der Waals surface area contributed by atoms with Crippen molar-refractivity contribution in [1.29, 1.82) is 0 Å². The lowest BCUT2D eigenvalue weighted by Crippen LogP contribution is -2.48. The van der Waals surface area contributed by atoms with Crippen LogP contribution in [-0.2, 0) is 4.74 Å². The molecule has 3 aliphatic heterocycles. The second-order valence-corrected chi connectivity index (χ2v) is 23.9. The SMILES string of the molecule is COc1ccc2nc3cc(Cl)ccc3c(NCCNc3nc(Nc4ccc(OCCOc5ccc6nc7cc(Cl)ccc7c(NCCCNc7nc(N8CCN(c9ccccc9)CC8)nc(N8CCN(c9ccccc9)CC8)n7)c6c5)cc4)nc(N4CCOCC4)n3)c2c1. The highest BCUT2D eigenvalue weighted by Gasteiger charge is 2.26. The van der Waals surface area contributed by atoms with Crippen molar-refractivity contribution in [3.8, 4) is 17.2 Å². The largest absolute Gasteiger partial charge is 0.497 e. The van der Waals surface area contributed by atoms with E-state index in [1.807, 2.05) is 97.1 Å². The van der Waals surface area contributed by atoms with Gasteiger partial charge in [0.2, 0.25) is 35.7 Å². The van der Waals surface area contributed by atoms with Gasteiger partial charge in [0.15, 0.2) is 0 Å². The van der Waals surface area contributed by atoms with Gasteiger partial charge >= 0.3 is 0 Å². The predicted molar refractivity (Wildman–Crippen MR) is 379 cm³/mol. The lowest BCUT2D eigenvalue weighted by Gasteiger charge is -2.38. The van der Waals surface area contributed by atoms with Crippen molar-refractivity contribution in [2.24, 2.45) is 0 Å². The van der Waals surface area contributed by atoms with Crippen molar-refractivity contribution >= 4 is 131 Å². The fourth-order valence-electron chi connectivity index (χ4n) is 12.1. The van der Waals surface area contributed by atoms with Crippen LogP contribution in [0.15, 0.2) is 158 Å². The summed E-state index contributed by atoms with van der Waals surface area (Å²) in [5.74, 6) is 5.48. The number of nitrogens with one attached hydrogen (secondary N) is 5. The Morgan fingerprint density at radius 2 is 0.851 bits per heavy atom. The third kappa shape index (κ3) is 14.5. The maximum absolute atomic E-state index is 6.54. The summed E-state index contributed by atoms with van der Waals surface area (Å²) in [4.78, 5) is 51.0. The molecule has 4 aromatic heterocycles. The standard InChI is InChI=1S/C70H72Cl2N18O4/c1-91-53-19-23-59-57(45-53)64(56-22-14-48(72)44-62(56)78-59)74-27-28-76-65-80-67(84-68(81-65)90-37-39-92-40-38-90)77-49-15-17-52(18-16-49)93-41-42-94-54-20-24-60-58(46-54)63(55-21-13-47(71)43-61(55)79-60)73-25-8-26-75-66-82-69(88-33-29-86(30-34-88)50-9-4-2-5-10-50)85-70(83-66)89-35-31-87(32-36-89)51-11-6-3-7-12-51/h2-7,9-24,43-46H,8,25-42H2,1H3,(H,73,79)(H,74,78)(H,75,82,83,85)(H2,76,77,80,81,84). The van der Waals surface area contributed by atoms with Gasteiger partial charge in [0.1, 0.15) is 30.5 Å². The lowest BCUT2D eigenvalue weighted by atomic mass is 10.1. The van der Waals surface area contributed by atoms with Crippen molar-refractivity contribution in [1.82, 2.24) is 39.9 Å². The number of aromatic nitrogens is 8. The van der Waals surface area contributed by atoms with E-state index in [1.54, 1.807) is 7.11 Å². The summed E-state index contributed by atoms with van der Waals surface area (Å²) in [5.41, 5.74) is 8.38. The van der Waals surface area contributed by atoms with E-state index in [0.717, 1.165) is 125 Å². The molecule has 94 heavy (non-hydrogen) atoms. The molecule has 0 atom stereocenters. The average Bonchev–Trinajstić information content (AvgIpc) is 0.815. The highest BCUT2D eigenvalue weighted by molar-refractivity contribution is 6.32. The molecule has 0 saturated carbocycles. The Balaban J connectivity index is 0.596. The van der Waals surface area contributed by atoms with Crippen LogP contribution in [0, 0.1) is 0 Å². The first-order chi connectivity index (χ1) is 46.3. The molecule has 22 nitrogen and oxygen atoms in total. The summed E-state index contributed by atoms with van der Waals surface area (Å²) in [6.07, 6.45) is 0.773. The minimum atomic E-state index is 0.310. The van der Waals surface area contributed by atoms with E-state index in [9.17, 15) is 0 Å². The van der Waals surface area contributed by atoms with Crippen molar-refractivity contribution < 1.29 is 18.9 Å².